The molecule has 1 aromatic carbocycles. The number of hydrogen-bond donors (Lipinski definition) is 3. The molecular formula is C14H16N4O2S. The monoisotopic (exact) mass is 304 g/mol. The van der Waals surface area contributed by atoms with E-state index in [4.69, 9.17) is 17.3 Å². The molecule has 0 radical (unpaired) electrons. The van der Waals surface area contributed by atoms with Crippen molar-refractivity contribution in [2.24, 2.45) is 0 Å². The number of carbonyl (C=O) groups is 1. The molecule has 7 heteroatoms. The molecule has 0 saturated heterocycles. The second kappa shape index (κ2) is 8.60. The lowest BCUT2D eigenvalue weighted by atomic mass is 10.3. The molecule has 3 rings (SSSR count). The van der Waals surface area contributed by atoms with Gasteiger partial charge in [0.25, 0.3) is 0 Å². The lowest BCUT2D eigenvalue weighted by Gasteiger charge is -1.90. The summed E-state index contributed by atoms with van der Waals surface area (Å²) in [6.45, 7) is 4.00. The maximum atomic E-state index is 10.3. The number of hydrogen-bond acceptors (Lipinski definition) is 4. The molecule has 0 fully saturated rings. The van der Waals surface area contributed by atoms with Gasteiger partial charge in [0, 0.05) is 6.20 Å². The van der Waals surface area contributed by atoms with Gasteiger partial charge < -0.3 is 10.1 Å². The number of aromatic carboxylic acids is 1. The van der Waals surface area contributed by atoms with Crippen LogP contribution in [0.2, 0.25) is 0 Å². The topological polar surface area (TPSA) is 94.7 Å². The fourth-order valence-corrected chi connectivity index (χ4v) is 1.60. The summed E-state index contributed by atoms with van der Waals surface area (Å²) in [6, 6.07) is 10.8. The molecule has 0 aliphatic heterocycles. The molecule has 2 aromatic heterocycles. The minimum Gasteiger partial charge on any atom is -0.478 e. The molecule has 0 bridgehead atoms. The summed E-state index contributed by atoms with van der Waals surface area (Å²) in [5, 5.41) is 18.8. The first-order valence-corrected chi connectivity index (χ1v) is 6.76. The van der Waals surface area contributed by atoms with Crippen molar-refractivity contribution in [2.45, 2.75) is 13.8 Å². The molecule has 3 aromatic rings. The van der Waals surface area contributed by atoms with E-state index in [9.17, 15) is 4.79 Å². The fourth-order valence-electron chi connectivity index (χ4n) is 1.38. The Hall–Kier alpha value is -2.54. The van der Waals surface area contributed by atoms with Gasteiger partial charge in [-0.1, -0.05) is 38.2 Å². The standard InChI is InChI=1S/C6H5N3.C6H5NO2S.C2H6/c1-2-4-6-5(3-1)7-9-8-6;8-6(9)4-2-1-3-7-5(4)10;1-2/h1-4H,(H,7,8,9);1-3H,(H,7,10)(H,8,9);1-2H3. The van der Waals surface area contributed by atoms with Crippen LogP contribution in [0, 0.1) is 4.64 Å². The Morgan fingerprint density at radius 3 is 2.10 bits per heavy atom. The second-order valence-electron chi connectivity index (χ2n) is 3.53. The van der Waals surface area contributed by atoms with Crippen molar-refractivity contribution < 1.29 is 9.90 Å². The molecule has 6 nitrogen and oxygen atoms in total. The number of nitrogens with zero attached hydrogens (tertiary/aromatic N) is 2. The Morgan fingerprint density at radius 2 is 1.67 bits per heavy atom. The van der Waals surface area contributed by atoms with Crippen LogP contribution in [0.4, 0.5) is 0 Å². The first-order valence-electron chi connectivity index (χ1n) is 6.35. The number of rotatable bonds is 1. The zero-order valence-corrected chi connectivity index (χ0v) is 12.5. The van der Waals surface area contributed by atoms with Crippen molar-refractivity contribution in [3.8, 4) is 0 Å². The highest BCUT2D eigenvalue weighted by atomic mass is 32.1. The highest BCUT2D eigenvalue weighted by Gasteiger charge is 2.01. The normalized spacial score (nSPS) is 9.05. The zero-order valence-electron chi connectivity index (χ0n) is 11.7. The molecule has 0 aliphatic rings. The van der Waals surface area contributed by atoms with Gasteiger partial charge >= 0.3 is 5.97 Å². The van der Waals surface area contributed by atoms with E-state index >= 15 is 0 Å². The third-order valence-corrected chi connectivity index (χ3v) is 2.61. The minimum absolute atomic E-state index is 0.137. The molecule has 0 spiro atoms. The summed E-state index contributed by atoms with van der Waals surface area (Å²) >= 11 is 4.69. The van der Waals surface area contributed by atoms with Crippen LogP contribution in [0.3, 0.4) is 0 Å². The van der Waals surface area contributed by atoms with E-state index in [2.05, 4.69) is 20.4 Å². The highest BCUT2D eigenvalue weighted by molar-refractivity contribution is 7.71. The van der Waals surface area contributed by atoms with E-state index in [-0.39, 0.29) is 10.2 Å². The van der Waals surface area contributed by atoms with Gasteiger partial charge in [-0.15, -0.1) is 0 Å². The summed E-state index contributed by atoms with van der Waals surface area (Å²) in [5.41, 5.74) is 1.97. The zero-order chi connectivity index (χ0) is 15.7. The van der Waals surface area contributed by atoms with Crippen LogP contribution < -0.4 is 0 Å². The Labute approximate surface area is 126 Å². The average molecular weight is 304 g/mol. The molecule has 2 heterocycles. The first kappa shape index (κ1) is 16.5. The van der Waals surface area contributed by atoms with Crippen molar-refractivity contribution >= 4 is 29.2 Å². The van der Waals surface area contributed by atoms with Crippen LogP contribution in [0.15, 0.2) is 42.6 Å². The number of carboxylic acids is 1. The first-order chi connectivity index (χ1) is 10.2. The lowest BCUT2D eigenvalue weighted by Crippen LogP contribution is -1.97. The number of aromatic nitrogens is 4. The Morgan fingerprint density at radius 1 is 1.10 bits per heavy atom. The molecule has 21 heavy (non-hydrogen) atoms. The molecule has 0 atom stereocenters. The largest absolute Gasteiger partial charge is 0.478 e. The van der Waals surface area contributed by atoms with Gasteiger partial charge in [0.2, 0.25) is 0 Å². The average Bonchev–Trinajstić information content (AvgIpc) is 2.98. The van der Waals surface area contributed by atoms with E-state index in [0.717, 1.165) is 11.0 Å². The number of H-pyrrole nitrogens is 2. The Bertz CT molecular complexity index is 721. The number of carboxylic acid groups (broad SMARTS) is 1. The predicted molar refractivity (Wildman–Crippen MR) is 83.8 cm³/mol. The molecule has 0 aliphatic carbocycles. The summed E-state index contributed by atoms with van der Waals surface area (Å²) < 4.78 is 0.259. The van der Waals surface area contributed by atoms with Gasteiger partial charge in [-0.3, -0.25) is 0 Å². The second-order valence-corrected chi connectivity index (χ2v) is 3.94. The molecule has 0 amide bonds. The van der Waals surface area contributed by atoms with Gasteiger partial charge in [0.05, 0.1) is 5.56 Å². The third kappa shape index (κ3) is 4.81. The SMILES string of the molecule is CC.O=C(O)c1ccc[nH]c1=S.c1ccc2n[nH]nc2c1. The van der Waals surface area contributed by atoms with Crippen molar-refractivity contribution in [1.82, 2.24) is 20.4 Å². The van der Waals surface area contributed by atoms with Crippen LogP contribution in [0.1, 0.15) is 24.2 Å². The van der Waals surface area contributed by atoms with Crippen molar-refractivity contribution in [1.29, 1.82) is 0 Å². The molecular weight excluding hydrogens is 288 g/mol. The van der Waals surface area contributed by atoms with Crippen LogP contribution in [0.25, 0.3) is 11.0 Å². The van der Waals surface area contributed by atoms with Crippen LogP contribution in [0.5, 0.6) is 0 Å². The van der Waals surface area contributed by atoms with Crippen molar-refractivity contribution in [3.63, 3.8) is 0 Å². The summed E-state index contributed by atoms with van der Waals surface area (Å²) in [5.74, 6) is -0.998. The quantitative estimate of drug-likeness (QED) is 0.599. The number of para-hydroxylation sites is 2. The van der Waals surface area contributed by atoms with Gasteiger partial charge in [0.15, 0.2) is 0 Å². The van der Waals surface area contributed by atoms with E-state index < -0.39 is 5.97 Å². The Kier molecular flexibility index (Phi) is 6.76. The smallest absolute Gasteiger partial charge is 0.338 e. The molecule has 3 N–H and O–H groups in total. The summed E-state index contributed by atoms with van der Waals surface area (Å²) in [4.78, 5) is 13.0. The van der Waals surface area contributed by atoms with Gasteiger partial charge in [-0.2, -0.15) is 15.4 Å². The minimum atomic E-state index is -0.998. The third-order valence-electron chi connectivity index (χ3n) is 2.27. The Balaban J connectivity index is 0.000000188. The van der Waals surface area contributed by atoms with Crippen LogP contribution >= 0.6 is 12.2 Å². The van der Waals surface area contributed by atoms with E-state index in [1.165, 1.54) is 6.07 Å². The molecule has 0 unspecified atom stereocenters. The van der Waals surface area contributed by atoms with Crippen LogP contribution in [-0.2, 0) is 0 Å². The summed E-state index contributed by atoms with van der Waals surface area (Å²) in [6.07, 6.45) is 1.59. The number of aromatic amines is 2. The fraction of sp³-hybridized carbons (Fsp3) is 0.143. The van der Waals surface area contributed by atoms with Crippen LogP contribution in [-0.4, -0.2) is 31.5 Å². The van der Waals surface area contributed by atoms with E-state index in [0.29, 0.717) is 0 Å². The lowest BCUT2D eigenvalue weighted by molar-refractivity contribution is 0.0696. The van der Waals surface area contributed by atoms with Crippen molar-refractivity contribution in [2.75, 3.05) is 0 Å². The number of fused-ring (bicyclic) bond motifs is 1. The maximum Gasteiger partial charge on any atom is 0.338 e. The highest BCUT2D eigenvalue weighted by Crippen LogP contribution is 2.03. The van der Waals surface area contributed by atoms with Gasteiger partial charge in [0.1, 0.15) is 15.7 Å². The van der Waals surface area contributed by atoms with Gasteiger partial charge in [-0.05, 0) is 24.3 Å². The van der Waals surface area contributed by atoms with Crippen molar-refractivity contribution in [3.05, 3.63) is 52.8 Å². The van der Waals surface area contributed by atoms with Gasteiger partial charge in [-0.25, -0.2) is 4.79 Å². The van der Waals surface area contributed by atoms with E-state index in [1.807, 2.05) is 38.1 Å². The number of nitrogens with one attached hydrogen (secondary N) is 2. The van der Waals surface area contributed by atoms with E-state index in [1.54, 1.807) is 12.3 Å². The summed E-state index contributed by atoms with van der Waals surface area (Å²) in [7, 11) is 0. The molecule has 110 valence electrons. The number of benzene rings is 1. The maximum absolute atomic E-state index is 10.3. The number of pyridine rings is 1. The predicted octanol–water partition coefficient (Wildman–Crippen LogP) is 3.43. The molecule has 0 saturated carbocycles.